The summed E-state index contributed by atoms with van der Waals surface area (Å²) in [5.41, 5.74) is 0.530. The number of hydrogen-bond donors (Lipinski definition) is 0. The second kappa shape index (κ2) is 7.76. The monoisotopic (exact) mass is 346 g/mol. The van der Waals surface area contributed by atoms with E-state index >= 15 is 0 Å². The molecule has 0 unspecified atom stereocenters. The fourth-order valence-corrected chi connectivity index (χ4v) is 3.40. The van der Waals surface area contributed by atoms with Crippen molar-refractivity contribution in [3.8, 4) is 11.5 Å². The maximum absolute atomic E-state index is 12.9. The number of hydrogen-bond acceptors (Lipinski definition) is 4. The summed E-state index contributed by atoms with van der Waals surface area (Å²) < 4.78 is 10.5. The van der Waals surface area contributed by atoms with Gasteiger partial charge in [0.15, 0.2) is 0 Å². The quantitative estimate of drug-likeness (QED) is 0.838. The third-order valence-electron chi connectivity index (χ3n) is 5.19. The highest BCUT2D eigenvalue weighted by molar-refractivity contribution is 5.97. The number of carbonyl (C=O) groups is 2. The molecule has 2 aliphatic rings. The predicted octanol–water partition coefficient (Wildman–Crippen LogP) is 2.18. The SMILES string of the molecule is COc1ccc(C(=O)N2CCCN(C(=O)C3CCC3)CC2)c(OC)c1. The number of rotatable bonds is 4. The van der Waals surface area contributed by atoms with Gasteiger partial charge >= 0.3 is 0 Å². The molecule has 1 aliphatic carbocycles. The molecule has 6 heteroatoms. The van der Waals surface area contributed by atoms with Crippen LogP contribution in [0.1, 0.15) is 36.0 Å². The zero-order valence-electron chi connectivity index (χ0n) is 15.0. The second-order valence-corrected chi connectivity index (χ2v) is 6.67. The molecule has 1 saturated heterocycles. The number of carbonyl (C=O) groups excluding carboxylic acids is 2. The third kappa shape index (κ3) is 3.72. The topological polar surface area (TPSA) is 59.1 Å². The van der Waals surface area contributed by atoms with Crippen molar-refractivity contribution >= 4 is 11.8 Å². The Kier molecular flexibility index (Phi) is 5.46. The maximum atomic E-state index is 12.9. The van der Waals surface area contributed by atoms with Crippen LogP contribution in [-0.2, 0) is 4.79 Å². The van der Waals surface area contributed by atoms with Gasteiger partial charge in [-0.3, -0.25) is 9.59 Å². The summed E-state index contributed by atoms with van der Waals surface area (Å²) in [5.74, 6) is 1.58. The highest BCUT2D eigenvalue weighted by Crippen LogP contribution is 2.29. The molecule has 0 aromatic heterocycles. The number of methoxy groups -OCH3 is 2. The van der Waals surface area contributed by atoms with E-state index in [0.29, 0.717) is 36.7 Å². The van der Waals surface area contributed by atoms with Gasteiger partial charge in [-0.1, -0.05) is 6.42 Å². The van der Waals surface area contributed by atoms with E-state index in [2.05, 4.69) is 0 Å². The molecule has 0 radical (unpaired) electrons. The summed E-state index contributed by atoms with van der Waals surface area (Å²) in [5, 5.41) is 0. The van der Waals surface area contributed by atoms with Crippen LogP contribution >= 0.6 is 0 Å². The van der Waals surface area contributed by atoms with Crippen LogP contribution in [0.4, 0.5) is 0 Å². The van der Waals surface area contributed by atoms with Crippen molar-refractivity contribution in [2.75, 3.05) is 40.4 Å². The summed E-state index contributed by atoms with van der Waals surface area (Å²) in [6.45, 7) is 2.56. The zero-order chi connectivity index (χ0) is 17.8. The molecular formula is C19H26N2O4. The maximum Gasteiger partial charge on any atom is 0.257 e. The van der Waals surface area contributed by atoms with Crippen molar-refractivity contribution in [3.05, 3.63) is 23.8 Å². The molecule has 6 nitrogen and oxygen atoms in total. The minimum atomic E-state index is -0.0579. The number of benzene rings is 1. The Labute approximate surface area is 148 Å². The summed E-state index contributed by atoms with van der Waals surface area (Å²) in [7, 11) is 3.13. The molecule has 1 aliphatic heterocycles. The van der Waals surface area contributed by atoms with Gasteiger partial charge in [0.05, 0.1) is 19.8 Å². The summed E-state index contributed by atoms with van der Waals surface area (Å²) in [6.07, 6.45) is 4.00. The Morgan fingerprint density at radius 2 is 1.68 bits per heavy atom. The lowest BCUT2D eigenvalue weighted by molar-refractivity contribution is -0.138. The summed E-state index contributed by atoms with van der Waals surface area (Å²) >= 11 is 0. The van der Waals surface area contributed by atoms with E-state index in [-0.39, 0.29) is 17.7 Å². The number of ether oxygens (including phenoxy) is 2. The molecule has 0 spiro atoms. The van der Waals surface area contributed by atoms with Gasteiger partial charge in [0, 0.05) is 38.2 Å². The van der Waals surface area contributed by atoms with Crippen LogP contribution in [0.2, 0.25) is 0 Å². The molecule has 1 aromatic rings. The van der Waals surface area contributed by atoms with Crippen molar-refractivity contribution in [1.82, 2.24) is 9.80 Å². The van der Waals surface area contributed by atoms with Gasteiger partial charge in [-0.2, -0.15) is 0 Å². The molecule has 3 rings (SSSR count). The Hall–Kier alpha value is -2.24. The van der Waals surface area contributed by atoms with E-state index in [0.717, 1.165) is 32.2 Å². The molecule has 1 saturated carbocycles. The summed E-state index contributed by atoms with van der Waals surface area (Å²) in [4.78, 5) is 29.1. The van der Waals surface area contributed by atoms with E-state index in [1.807, 2.05) is 9.80 Å². The highest BCUT2D eigenvalue weighted by atomic mass is 16.5. The molecule has 2 amide bonds. The number of nitrogens with zero attached hydrogens (tertiary/aromatic N) is 2. The van der Waals surface area contributed by atoms with Gasteiger partial charge in [-0.15, -0.1) is 0 Å². The first-order valence-corrected chi connectivity index (χ1v) is 8.94. The fourth-order valence-electron chi connectivity index (χ4n) is 3.40. The molecule has 136 valence electrons. The Morgan fingerprint density at radius 3 is 2.32 bits per heavy atom. The standard InChI is InChI=1S/C19H26N2O4/c1-24-15-7-8-16(17(13-15)25-2)19(23)21-10-4-9-20(11-12-21)18(22)14-5-3-6-14/h7-8,13-14H,3-6,9-12H2,1-2H3. The van der Waals surface area contributed by atoms with Crippen LogP contribution in [0, 0.1) is 5.92 Å². The van der Waals surface area contributed by atoms with Gasteiger partial charge in [-0.25, -0.2) is 0 Å². The predicted molar refractivity (Wildman–Crippen MR) is 94.0 cm³/mol. The van der Waals surface area contributed by atoms with E-state index in [9.17, 15) is 9.59 Å². The van der Waals surface area contributed by atoms with Crippen molar-refractivity contribution in [1.29, 1.82) is 0 Å². The van der Waals surface area contributed by atoms with Crippen LogP contribution in [0.3, 0.4) is 0 Å². The summed E-state index contributed by atoms with van der Waals surface area (Å²) in [6, 6.07) is 5.22. The van der Waals surface area contributed by atoms with Crippen molar-refractivity contribution < 1.29 is 19.1 Å². The largest absolute Gasteiger partial charge is 0.497 e. The average molecular weight is 346 g/mol. The lowest BCUT2D eigenvalue weighted by Gasteiger charge is -2.31. The third-order valence-corrected chi connectivity index (χ3v) is 5.19. The average Bonchev–Trinajstić information content (AvgIpc) is 2.85. The molecule has 0 atom stereocenters. The van der Waals surface area contributed by atoms with Crippen LogP contribution in [-0.4, -0.2) is 62.0 Å². The first kappa shape index (κ1) is 17.6. The molecule has 0 N–H and O–H groups in total. The first-order chi connectivity index (χ1) is 12.1. The van der Waals surface area contributed by atoms with E-state index in [1.165, 1.54) is 0 Å². The van der Waals surface area contributed by atoms with Crippen LogP contribution in [0.5, 0.6) is 11.5 Å². The first-order valence-electron chi connectivity index (χ1n) is 8.94. The van der Waals surface area contributed by atoms with Gasteiger partial charge in [0.1, 0.15) is 11.5 Å². The van der Waals surface area contributed by atoms with Crippen LogP contribution in [0.25, 0.3) is 0 Å². The Balaban J connectivity index is 1.67. The zero-order valence-corrected chi connectivity index (χ0v) is 15.0. The highest BCUT2D eigenvalue weighted by Gasteiger charge is 2.31. The Morgan fingerprint density at radius 1 is 0.960 bits per heavy atom. The van der Waals surface area contributed by atoms with Gasteiger partial charge in [-0.05, 0) is 31.4 Å². The lowest BCUT2D eigenvalue weighted by atomic mass is 9.84. The molecule has 0 bridgehead atoms. The molecule has 1 aromatic carbocycles. The van der Waals surface area contributed by atoms with Gasteiger partial charge in [0.25, 0.3) is 5.91 Å². The smallest absolute Gasteiger partial charge is 0.257 e. The Bertz CT molecular complexity index is 642. The van der Waals surface area contributed by atoms with Crippen LogP contribution < -0.4 is 9.47 Å². The fraction of sp³-hybridized carbons (Fsp3) is 0.579. The van der Waals surface area contributed by atoms with E-state index in [4.69, 9.17) is 9.47 Å². The van der Waals surface area contributed by atoms with Gasteiger partial charge in [0.2, 0.25) is 5.91 Å². The van der Waals surface area contributed by atoms with Crippen molar-refractivity contribution in [2.24, 2.45) is 5.92 Å². The van der Waals surface area contributed by atoms with Gasteiger partial charge < -0.3 is 19.3 Å². The second-order valence-electron chi connectivity index (χ2n) is 6.67. The number of amides is 2. The van der Waals surface area contributed by atoms with Crippen molar-refractivity contribution in [3.63, 3.8) is 0 Å². The minimum absolute atomic E-state index is 0.0579. The lowest BCUT2D eigenvalue weighted by Crippen LogP contribution is -2.41. The minimum Gasteiger partial charge on any atom is -0.497 e. The van der Waals surface area contributed by atoms with E-state index in [1.54, 1.807) is 32.4 Å². The van der Waals surface area contributed by atoms with Crippen molar-refractivity contribution in [2.45, 2.75) is 25.7 Å². The molecular weight excluding hydrogens is 320 g/mol. The van der Waals surface area contributed by atoms with E-state index < -0.39 is 0 Å². The molecule has 2 fully saturated rings. The molecule has 1 heterocycles. The van der Waals surface area contributed by atoms with Crippen LogP contribution in [0.15, 0.2) is 18.2 Å². The normalized spacial score (nSPS) is 18.3. The molecule has 25 heavy (non-hydrogen) atoms.